The van der Waals surface area contributed by atoms with Crippen molar-refractivity contribution in [2.45, 2.75) is 12.1 Å². The molecule has 0 aromatic heterocycles. The number of hydrogen-bond acceptors (Lipinski definition) is 4. The lowest BCUT2D eigenvalue weighted by Crippen LogP contribution is -2.37. The number of carbonyl (C=O) groups is 2. The highest BCUT2D eigenvalue weighted by Gasteiger charge is 2.62. The largest absolute Gasteiger partial charge is 0.481 e. The van der Waals surface area contributed by atoms with Crippen LogP contribution in [0.3, 0.4) is 0 Å². The second kappa shape index (κ2) is 6.29. The van der Waals surface area contributed by atoms with Gasteiger partial charge in [-0.3, -0.25) is 9.59 Å². The predicted molar refractivity (Wildman–Crippen MR) is 82.8 cm³/mol. The first-order valence-electron chi connectivity index (χ1n) is 6.66. The number of benzene rings is 1. The van der Waals surface area contributed by atoms with Gasteiger partial charge in [0.05, 0.1) is 12.0 Å². The minimum atomic E-state index is -1.24. The molecule has 0 spiro atoms. The van der Waals surface area contributed by atoms with Crippen molar-refractivity contribution in [3.05, 3.63) is 35.9 Å². The zero-order valence-corrected chi connectivity index (χ0v) is 12.4. The van der Waals surface area contributed by atoms with Crippen LogP contribution in [0.1, 0.15) is 11.6 Å². The van der Waals surface area contributed by atoms with Gasteiger partial charge in [-0.1, -0.05) is 30.3 Å². The Morgan fingerprint density at radius 1 is 1.18 bits per heavy atom. The molecule has 0 radical (unpaired) electrons. The highest BCUT2D eigenvalue weighted by molar-refractivity contribution is 7.80. The molecular weight excluding hydrogens is 306 g/mol. The van der Waals surface area contributed by atoms with Crippen molar-refractivity contribution in [1.82, 2.24) is 5.32 Å². The molecule has 2 rings (SSSR count). The summed E-state index contributed by atoms with van der Waals surface area (Å²) in [7, 11) is 0. The Labute approximate surface area is 132 Å². The fourth-order valence-electron chi connectivity index (χ4n) is 2.96. The van der Waals surface area contributed by atoms with Gasteiger partial charge in [-0.05, 0) is 17.8 Å². The molecule has 1 aliphatic carbocycles. The molecule has 22 heavy (non-hydrogen) atoms. The number of aliphatic carboxylic acids is 2. The number of carboxylic acids is 2. The summed E-state index contributed by atoms with van der Waals surface area (Å²) in [6, 6.07) is 7.29. The Morgan fingerprint density at radius 2 is 1.77 bits per heavy atom. The van der Waals surface area contributed by atoms with Crippen molar-refractivity contribution in [3.63, 3.8) is 0 Å². The lowest BCUT2D eigenvalue weighted by Gasteiger charge is -2.20. The molecular formula is C14H17N3O4S. The van der Waals surface area contributed by atoms with Crippen LogP contribution in [0.4, 0.5) is 0 Å². The summed E-state index contributed by atoms with van der Waals surface area (Å²) in [5.41, 5.74) is 11.9. The Kier molecular flexibility index (Phi) is 4.62. The highest BCUT2D eigenvalue weighted by Crippen LogP contribution is 2.55. The van der Waals surface area contributed by atoms with Crippen LogP contribution in [0.5, 0.6) is 0 Å². The molecule has 1 aromatic carbocycles. The Hall–Kier alpha value is -2.19. The molecule has 0 bridgehead atoms. The summed E-state index contributed by atoms with van der Waals surface area (Å²) in [4.78, 5) is 22.5. The van der Waals surface area contributed by atoms with Gasteiger partial charge in [0.15, 0.2) is 5.11 Å². The molecule has 118 valence electrons. The summed E-state index contributed by atoms with van der Waals surface area (Å²) in [6.07, 6.45) is 0. The maximum atomic E-state index is 11.4. The minimum absolute atomic E-state index is 0.0209. The first kappa shape index (κ1) is 16.2. The van der Waals surface area contributed by atoms with Crippen molar-refractivity contribution in [2.24, 2.45) is 29.2 Å². The van der Waals surface area contributed by atoms with Crippen LogP contribution >= 0.6 is 12.2 Å². The van der Waals surface area contributed by atoms with Gasteiger partial charge in [-0.15, -0.1) is 0 Å². The molecule has 0 saturated heterocycles. The first-order chi connectivity index (χ1) is 10.3. The van der Waals surface area contributed by atoms with Crippen molar-refractivity contribution >= 4 is 29.3 Å². The SMILES string of the molecule is NC(=S)NC(c1ccccc1)C1C(C(=O)O)C1C(N)C(=O)O. The molecule has 1 aromatic rings. The van der Waals surface area contributed by atoms with Crippen molar-refractivity contribution in [2.75, 3.05) is 0 Å². The molecule has 5 unspecified atom stereocenters. The molecule has 0 amide bonds. The molecule has 0 heterocycles. The van der Waals surface area contributed by atoms with E-state index in [-0.39, 0.29) is 5.11 Å². The van der Waals surface area contributed by atoms with Gasteiger partial charge in [-0.2, -0.15) is 0 Å². The lowest BCUT2D eigenvalue weighted by molar-refractivity contribution is -0.140. The summed E-state index contributed by atoms with van der Waals surface area (Å²) in [6.45, 7) is 0. The average molecular weight is 323 g/mol. The van der Waals surface area contributed by atoms with Crippen LogP contribution in [-0.4, -0.2) is 33.3 Å². The molecule has 1 aliphatic rings. The molecule has 1 saturated carbocycles. The highest BCUT2D eigenvalue weighted by atomic mass is 32.1. The first-order valence-corrected chi connectivity index (χ1v) is 7.07. The molecule has 7 N–H and O–H groups in total. The topological polar surface area (TPSA) is 139 Å². The lowest BCUT2D eigenvalue weighted by atomic mass is 9.99. The predicted octanol–water partition coefficient (Wildman–Crippen LogP) is -0.0804. The van der Waals surface area contributed by atoms with E-state index in [0.29, 0.717) is 0 Å². The normalized spacial score (nSPS) is 25.8. The fraction of sp³-hybridized carbons (Fsp3) is 0.357. The molecule has 0 aliphatic heterocycles. The van der Waals surface area contributed by atoms with E-state index in [4.69, 9.17) is 28.8 Å². The summed E-state index contributed by atoms with van der Waals surface area (Å²) in [5.74, 6) is -4.31. The van der Waals surface area contributed by atoms with Crippen molar-refractivity contribution in [3.8, 4) is 0 Å². The molecule has 7 nitrogen and oxygen atoms in total. The molecule has 5 atom stereocenters. The van der Waals surface area contributed by atoms with Crippen molar-refractivity contribution in [1.29, 1.82) is 0 Å². The van der Waals surface area contributed by atoms with Crippen LogP contribution < -0.4 is 16.8 Å². The van der Waals surface area contributed by atoms with E-state index in [9.17, 15) is 14.7 Å². The van der Waals surface area contributed by atoms with Gasteiger partial charge in [0.25, 0.3) is 0 Å². The number of thiocarbonyl (C=S) groups is 1. The van der Waals surface area contributed by atoms with Crippen LogP contribution in [-0.2, 0) is 9.59 Å². The maximum absolute atomic E-state index is 11.4. The van der Waals surface area contributed by atoms with E-state index in [1.54, 1.807) is 24.3 Å². The number of hydrogen-bond donors (Lipinski definition) is 5. The average Bonchev–Trinajstić information content (AvgIpc) is 3.19. The number of nitrogens with two attached hydrogens (primary N) is 2. The van der Waals surface area contributed by atoms with Crippen LogP contribution in [0.15, 0.2) is 30.3 Å². The van der Waals surface area contributed by atoms with Crippen LogP contribution in [0.2, 0.25) is 0 Å². The molecule has 8 heteroatoms. The minimum Gasteiger partial charge on any atom is -0.481 e. The standard InChI is InChI=1S/C14H17N3O4S/c15-10(13(20)21)7-8(9(7)12(18)19)11(17-14(16)22)6-4-2-1-3-5-6/h1-5,7-11H,15H2,(H,18,19)(H,20,21)(H3,16,17,22). The Morgan fingerprint density at radius 3 is 2.23 bits per heavy atom. The Balaban J connectivity index is 2.32. The van der Waals surface area contributed by atoms with Crippen LogP contribution in [0, 0.1) is 17.8 Å². The number of nitrogens with one attached hydrogen (secondary N) is 1. The summed E-state index contributed by atoms with van der Waals surface area (Å²) >= 11 is 4.85. The van der Waals surface area contributed by atoms with Gasteiger partial charge >= 0.3 is 11.9 Å². The summed E-state index contributed by atoms with van der Waals surface area (Å²) < 4.78 is 0. The second-order valence-corrected chi connectivity index (χ2v) is 5.72. The van der Waals surface area contributed by atoms with E-state index in [1.807, 2.05) is 6.07 Å². The summed E-state index contributed by atoms with van der Waals surface area (Å²) in [5, 5.41) is 21.3. The maximum Gasteiger partial charge on any atom is 0.320 e. The van der Waals surface area contributed by atoms with Crippen molar-refractivity contribution < 1.29 is 19.8 Å². The van der Waals surface area contributed by atoms with E-state index in [2.05, 4.69) is 5.32 Å². The molecule has 1 fully saturated rings. The fourth-order valence-corrected chi connectivity index (χ4v) is 3.09. The van der Waals surface area contributed by atoms with Gasteiger partial charge in [0, 0.05) is 11.8 Å². The number of carboxylic acid groups (broad SMARTS) is 2. The van der Waals surface area contributed by atoms with E-state index in [1.165, 1.54) is 0 Å². The second-order valence-electron chi connectivity index (χ2n) is 5.28. The van der Waals surface area contributed by atoms with E-state index < -0.39 is 41.8 Å². The van der Waals surface area contributed by atoms with E-state index in [0.717, 1.165) is 5.56 Å². The van der Waals surface area contributed by atoms with Gasteiger partial charge in [-0.25, -0.2) is 0 Å². The third-order valence-corrected chi connectivity index (χ3v) is 4.08. The van der Waals surface area contributed by atoms with E-state index >= 15 is 0 Å². The smallest absolute Gasteiger partial charge is 0.320 e. The quantitative estimate of drug-likeness (QED) is 0.458. The van der Waals surface area contributed by atoms with Gasteiger partial charge < -0.3 is 27.0 Å². The zero-order valence-electron chi connectivity index (χ0n) is 11.5. The van der Waals surface area contributed by atoms with Gasteiger partial charge in [0.2, 0.25) is 0 Å². The Bertz CT molecular complexity index is 595. The number of rotatable bonds is 6. The van der Waals surface area contributed by atoms with Crippen LogP contribution in [0.25, 0.3) is 0 Å². The third kappa shape index (κ3) is 3.18. The van der Waals surface area contributed by atoms with Gasteiger partial charge in [0.1, 0.15) is 6.04 Å². The monoisotopic (exact) mass is 323 g/mol. The third-order valence-electron chi connectivity index (χ3n) is 3.96. The zero-order chi connectivity index (χ0) is 16.4.